The van der Waals surface area contributed by atoms with Gasteiger partial charge < -0.3 is 10.4 Å². The Morgan fingerprint density at radius 1 is 1.29 bits per heavy atom. The third-order valence-corrected chi connectivity index (χ3v) is 3.02. The molecule has 0 bridgehead atoms. The number of carboxylic acid groups (broad SMARTS) is 1. The van der Waals surface area contributed by atoms with Crippen LogP contribution in [0.1, 0.15) is 25.8 Å². The van der Waals surface area contributed by atoms with E-state index in [1.165, 1.54) is 6.07 Å². The zero-order chi connectivity index (χ0) is 16.0. The molecule has 0 spiro atoms. The van der Waals surface area contributed by atoms with Gasteiger partial charge in [-0.15, -0.1) is 0 Å². The molecule has 6 heteroatoms. The zero-order valence-electron chi connectivity index (χ0n) is 12.0. The van der Waals surface area contributed by atoms with E-state index in [-0.39, 0.29) is 24.4 Å². The van der Waals surface area contributed by atoms with Gasteiger partial charge >= 0.3 is 5.97 Å². The topological polar surface area (TPSA) is 66.4 Å². The van der Waals surface area contributed by atoms with Crippen molar-refractivity contribution in [2.24, 2.45) is 11.8 Å². The van der Waals surface area contributed by atoms with Gasteiger partial charge in [0.25, 0.3) is 0 Å². The second-order valence-corrected chi connectivity index (χ2v) is 5.38. The molecule has 0 radical (unpaired) electrons. The number of hydrogen-bond acceptors (Lipinski definition) is 2. The van der Waals surface area contributed by atoms with Crippen molar-refractivity contribution < 1.29 is 23.5 Å². The van der Waals surface area contributed by atoms with E-state index in [2.05, 4.69) is 5.32 Å². The maximum Gasteiger partial charge on any atom is 0.308 e. The molecule has 0 aliphatic carbocycles. The van der Waals surface area contributed by atoms with E-state index in [0.29, 0.717) is 12.5 Å². The summed E-state index contributed by atoms with van der Waals surface area (Å²) in [4.78, 5) is 22.7. The first-order valence-corrected chi connectivity index (χ1v) is 6.73. The number of halogens is 2. The first kappa shape index (κ1) is 17.1. The second-order valence-electron chi connectivity index (χ2n) is 5.38. The largest absolute Gasteiger partial charge is 0.481 e. The first-order chi connectivity index (χ1) is 9.79. The molecule has 0 fully saturated rings. The Morgan fingerprint density at radius 2 is 1.95 bits per heavy atom. The Kier molecular flexibility index (Phi) is 6.27. The Bertz CT molecular complexity index is 518. The minimum Gasteiger partial charge on any atom is -0.481 e. The van der Waals surface area contributed by atoms with Crippen molar-refractivity contribution in [1.29, 1.82) is 0 Å². The van der Waals surface area contributed by atoms with Crippen LogP contribution >= 0.6 is 0 Å². The van der Waals surface area contributed by atoms with Crippen LogP contribution in [0.4, 0.5) is 8.78 Å². The van der Waals surface area contributed by atoms with Crippen LogP contribution in [0, 0.1) is 23.5 Å². The van der Waals surface area contributed by atoms with Crippen LogP contribution in [0.2, 0.25) is 0 Å². The third-order valence-electron chi connectivity index (χ3n) is 3.02. The molecule has 0 saturated heterocycles. The van der Waals surface area contributed by atoms with Crippen molar-refractivity contribution >= 4 is 11.9 Å². The summed E-state index contributed by atoms with van der Waals surface area (Å²) < 4.78 is 26.1. The van der Waals surface area contributed by atoms with Gasteiger partial charge in [-0.1, -0.05) is 19.9 Å². The molecule has 1 aromatic carbocycles. The number of hydrogen-bond donors (Lipinski definition) is 2. The number of benzene rings is 1. The van der Waals surface area contributed by atoms with Crippen LogP contribution in [0.25, 0.3) is 0 Å². The van der Waals surface area contributed by atoms with Crippen LogP contribution in [0.3, 0.4) is 0 Å². The Morgan fingerprint density at radius 3 is 2.48 bits per heavy atom. The van der Waals surface area contributed by atoms with Gasteiger partial charge in [-0.3, -0.25) is 9.59 Å². The Balaban J connectivity index is 2.54. The zero-order valence-corrected chi connectivity index (χ0v) is 12.0. The quantitative estimate of drug-likeness (QED) is 0.812. The van der Waals surface area contributed by atoms with Crippen LogP contribution in [0.15, 0.2) is 18.2 Å². The van der Waals surface area contributed by atoms with Crippen LogP contribution < -0.4 is 5.32 Å². The standard InChI is InChI=1S/C15H19F2NO3/c1-9(2)5-11(15(20)21)8-18-14(19)6-10-3-4-12(16)7-13(10)17/h3-4,7,9,11H,5-6,8H2,1-2H3,(H,18,19)(H,20,21). The molecule has 1 atom stereocenters. The summed E-state index contributed by atoms with van der Waals surface area (Å²) in [7, 11) is 0. The lowest BCUT2D eigenvalue weighted by Crippen LogP contribution is -2.34. The monoisotopic (exact) mass is 299 g/mol. The smallest absolute Gasteiger partial charge is 0.308 e. The van der Waals surface area contributed by atoms with E-state index in [4.69, 9.17) is 5.11 Å². The van der Waals surface area contributed by atoms with E-state index in [9.17, 15) is 18.4 Å². The lowest BCUT2D eigenvalue weighted by molar-refractivity contribution is -0.142. The van der Waals surface area contributed by atoms with Gasteiger partial charge in [-0.05, 0) is 24.0 Å². The summed E-state index contributed by atoms with van der Waals surface area (Å²) in [6.45, 7) is 3.78. The maximum absolute atomic E-state index is 13.4. The average Bonchev–Trinajstić information content (AvgIpc) is 2.37. The summed E-state index contributed by atoms with van der Waals surface area (Å²) in [5.74, 6) is -3.45. The van der Waals surface area contributed by atoms with Crippen LogP contribution in [-0.4, -0.2) is 23.5 Å². The van der Waals surface area contributed by atoms with E-state index in [1.807, 2.05) is 13.8 Å². The van der Waals surface area contributed by atoms with Crippen molar-refractivity contribution in [2.75, 3.05) is 6.54 Å². The lowest BCUT2D eigenvalue weighted by atomic mass is 9.97. The average molecular weight is 299 g/mol. The fraction of sp³-hybridized carbons (Fsp3) is 0.467. The van der Waals surface area contributed by atoms with Gasteiger partial charge in [0.2, 0.25) is 5.91 Å². The molecule has 0 aromatic heterocycles. The van der Waals surface area contributed by atoms with Crippen molar-refractivity contribution in [3.05, 3.63) is 35.4 Å². The summed E-state index contributed by atoms with van der Waals surface area (Å²) in [6.07, 6.45) is 0.195. The maximum atomic E-state index is 13.4. The summed E-state index contributed by atoms with van der Waals surface area (Å²) in [5.41, 5.74) is 0.0737. The summed E-state index contributed by atoms with van der Waals surface area (Å²) in [5, 5.41) is 11.5. The van der Waals surface area contributed by atoms with E-state index >= 15 is 0 Å². The van der Waals surface area contributed by atoms with Gasteiger partial charge in [0.05, 0.1) is 12.3 Å². The Labute approximate surface area is 122 Å². The molecule has 0 saturated carbocycles. The number of aliphatic carboxylic acids is 1. The SMILES string of the molecule is CC(C)CC(CNC(=O)Cc1ccc(F)cc1F)C(=O)O. The highest BCUT2D eigenvalue weighted by molar-refractivity contribution is 5.79. The highest BCUT2D eigenvalue weighted by atomic mass is 19.1. The fourth-order valence-electron chi connectivity index (χ4n) is 1.98. The molecular formula is C15H19F2NO3. The van der Waals surface area contributed by atoms with Crippen LogP contribution in [0.5, 0.6) is 0 Å². The van der Waals surface area contributed by atoms with Gasteiger partial charge in [0.15, 0.2) is 0 Å². The number of carboxylic acids is 1. The highest BCUT2D eigenvalue weighted by Gasteiger charge is 2.20. The van der Waals surface area contributed by atoms with Crippen molar-refractivity contribution in [3.8, 4) is 0 Å². The molecule has 0 heterocycles. The van der Waals surface area contributed by atoms with E-state index in [1.54, 1.807) is 0 Å². The van der Waals surface area contributed by atoms with Crippen molar-refractivity contribution in [3.63, 3.8) is 0 Å². The van der Waals surface area contributed by atoms with Gasteiger partial charge in [-0.2, -0.15) is 0 Å². The minimum atomic E-state index is -0.975. The van der Waals surface area contributed by atoms with Crippen molar-refractivity contribution in [2.45, 2.75) is 26.7 Å². The molecular weight excluding hydrogens is 280 g/mol. The minimum absolute atomic E-state index is 0.00480. The highest BCUT2D eigenvalue weighted by Crippen LogP contribution is 2.12. The predicted octanol–water partition coefficient (Wildman–Crippen LogP) is 2.37. The predicted molar refractivity (Wildman–Crippen MR) is 73.7 cm³/mol. The van der Waals surface area contributed by atoms with Gasteiger partial charge in [0, 0.05) is 12.6 Å². The lowest BCUT2D eigenvalue weighted by Gasteiger charge is -2.15. The Hall–Kier alpha value is -1.98. The molecule has 116 valence electrons. The molecule has 1 rings (SSSR count). The summed E-state index contributed by atoms with van der Waals surface area (Å²) in [6, 6.07) is 2.99. The number of carbonyl (C=O) groups is 2. The molecule has 1 amide bonds. The normalized spacial score (nSPS) is 12.2. The number of nitrogens with one attached hydrogen (secondary N) is 1. The van der Waals surface area contributed by atoms with Crippen LogP contribution in [-0.2, 0) is 16.0 Å². The van der Waals surface area contributed by atoms with E-state index < -0.39 is 29.4 Å². The number of rotatable bonds is 7. The molecule has 21 heavy (non-hydrogen) atoms. The number of carbonyl (C=O) groups excluding carboxylic acids is 1. The first-order valence-electron chi connectivity index (χ1n) is 6.73. The molecule has 1 unspecified atom stereocenters. The molecule has 0 aliphatic heterocycles. The second kappa shape index (κ2) is 7.71. The molecule has 2 N–H and O–H groups in total. The molecule has 1 aromatic rings. The third kappa shape index (κ3) is 5.89. The van der Waals surface area contributed by atoms with Gasteiger partial charge in [-0.25, -0.2) is 8.78 Å². The fourth-order valence-corrected chi connectivity index (χ4v) is 1.98. The molecule has 0 aliphatic rings. The van der Waals surface area contributed by atoms with Crippen molar-refractivity contribution in [1.82, 2.24) is 5.32 Å². The number of amides is 1. The van der Waals surface area contributed by atoms with E-state index in [0.717, 1.165) is 6.07 Å². The van der Waals surface area contributed by atoms with Gasteiger partial charge in [0.1, 0.15) is 11.6 Å². The molecule has 4 nitrogen and oxygen atoms in total. The summed E-state index contributed by atoms with van der Waals surface area (Å²) >= 11 is 0.